The Morgan fingerprint density at radius 1 is 1.18 bits per heavy atom. The molecule has 1 saturated carbocycles. The third kappa shape index (κ3) is 4.84. The van der Waals surface area contributed by atoms with E-state index in [1.54, 1.807) is 0 Å². The molecule has 2 fully saturated rings. The number of amides is 1. The molecule has 0 bridgehead atoms. The number of carbonyl (C=O) groups is 1. The van der Waals surface area contributed by atoms with Crippen LogP contribution in [-0.4, -0.2) is 53.9 Å². The second-order valence-corrected chi connectivity index (χ2v) is 6.46. The molecule has 1 saturated heterocycles. The van der Waals surface area contributed by atoms with Gasteiger partial charge >= 0.3 is 6.18 Å². The number of nitrogens with zero attached hydrogens (tertiary/aromatic N) is 1. The highest BCUT2D eigenvalue weighted by molar-refractivity contribution is 5.82. The van der Waals surface area contributed by atoms with Gasteiger partial charge < -0.3 is 10.4 Å². The molecule has 4 nitrogen and oxygen atoms in total. The molecule has 0 aromatic rings. The zero-order valence-corrected chi connectivity index (χ0v) is 12.7. The van der Waals surface area contributed by atoms with Gasteiger partial charge in [-0.15, -0.1) is 0 Å². The summed E-state index contributed by atoms with van der Waals surface area (Å²) in [5.74, 6) is 0.297. The fraction of sp³-hybridized carbons (Fsp3) is 0.933. The molecule has 2 rings (SSSR count). The molecule has 128 valence electrons. The average molecular weight is 322 g/mol. The summed E-state index contributed by atoms with van der Waals surface area (Å²) in [6.07, 6.45) is 0.0684. The van der Waals surface area contributed by atoms with Crippen LogP contribution in [-0.2, 0) is 4.79 Å². The average Bonchev–Trinajstić information content (AvgIpc) is 2.93. The Morgan fingerprint density at radius 3 is 2.50 bits per heavy atom. The lowest BCUT2D eigenvalue weighted by Crippen LogP contribution is -2.49. The predicted octanol–water partition coefficient (Wildman–Crippen LogP) is 2.07. The number of alkyl halides is 3. The predicted molar refractivity (Wildman–Crippen MR) is 76.2 cm³/mol. The maximum atomic E-state index is 12.4. The van der Waals surface area contributed by atoms with E-state index in [-0.39, 0.29) is 5.91 Å². The van der Waals surface area contributed by atoms with Gasteiger partial charge in [0.15, 0.2) is 6.10 Å². The van der Waals surface area contributed by atoms with Crippen molar-refractivity contribution in [1.82, 2.24) is 10.2 Å². The standard InChI is InChI=1S/C15H25F3N2O2/c16-15(17,18)13(21)10-20-8-4-7-12(20)14(22)19-9-11-5-2-1-3-6-11/h11-13,21H,1-10H2,(H,19,22)/t12-,13-/m1/s1. The summed E-state index contributed by atoms with van der Waals surface area (Å²) >= 11 is 0. The molecule has 0 unspecified atom stereocenters. The lowest BCUT2D eigenvalue weighted by Gasteiger charge is -2.28. The summed E-state index contributed by atoms with van der Waals surface area (Å²) < 4.78 is 37.3. The first kappa shape index (κ1) is 17.5. The van der Waals surface area contributed by atoms with Crippen LogP contribution in [0.15, 0.2) is 0 Å². The fourth-order valence-electron chi connectivity index (χ4n) is 3.42. The summed E-state index contributed by atoms with van der Waals surface area (Å²) in [5.41, 5.74) is 0. The lowest BCUT2D eigenvalue weighted by molar-refractivity contribution is -0.208. The third-order valence-electron chi connectivity index (χ3n) is 4.74. The van der Waals surface area contributed by atoms with Crippen LogP contribution in [0.5, 0.6) is 0 Å². The molecule has 2 aliphatic rings. The molecule has 0 aromatic carbocycles. The highest BCUT2D eigenvalue weighted by Crippen LogP contribution is 2.25. The van der Waals surface area contributed by atoms with Crippen molar-refractivity contribution in [3.63, 3.8) is 0 Å². The molecule has 1 aliphatic heterocycles. The third-order valence-corrected chi connectivity index (χ3v) is 4.74. The van der Waals surface area contributed by atoms with Crippen LogP contribution < -0.4 is 5.32 Å². The van der Waals surface area contributed by atoms with E-state index in [0.29, 0.717) is 31.8 Å². The first-order chi connectivity index (χ1) is 10.4. The largest absolute Gasteiger partial charge is 0.415 e. The van der Waals surface area contributed by atoms with Crippen molar-refractivity contribution in [2.75, 3.05) is 19.6 Å². The van der Waals surface area contributed by atoms with Gasteiger partial charge in [0.2, 0.25) is 5.91 Å². The van der Waals surface area contributed by atoms with Crippen LogP contribution in [0.4, 0.5) is 13.2 Å². The van der Waals surface area contributed by atoms with E-state index < -0.39 is 24.9 Å². The van der Waals surface area contributed by atoms with E-state index in [1.165, 1.54) is 24.2 Å². The highest BCUT2D eigenvalue weighted by Gasteiger charge is 2.42. The highest BCUT2D eigenvalue weighted by atomic mass is 19.4. The monoisotopic (exact) mass is 322 g/mol. The zero-order chi connectivity index (χ0) is 16.2. The molecule has 2 atom stereocenters. The quantitative estimate of drug-likeness (QED) is 0.815. The van der Waals surface area contributed by atoms with Gasteiger partial charge in [0.05, 0.1) is 6.04 Å². The fourth-order valence-corrected chi connectivity index (χ4v) is 3.42. The van der Waals surface area contributed by atoms with Gasteiger partial charge in [0.1, 0.15) is 0 Å². The first-order valence-electron chi connectivity index (χ1n) is 8.14. The van der Waals surface area contributed by atoms with Crippen LogP contribution >= 0.6 is 0 Å². The van der Waals surface area contributed by atoms with Gasteiger partial charge in [-0.3, -0.25) is 9.69 Å². The number of carbonyl (C=O) groups excluding carboxylic acids is 1. The maximum Gasteiger partial charge on any atom is 0.415 e. The molecule has 0 aromatic heterocycles. The number of nitrogens with one attached hydrogen (secondary N) is 1. The van der Waals surface area contributed by atoms with Gasteiger partial charge in [0.25, 0.3) is 0 Å². The van der Waals surface area contributed by atoms with E-state index >= 15 is 0 Å². The topological polar surface area (TPSA) is 52.6 Å². The minimum Gasteiger partial charge on any atom is -0.382 e. The minimum absolute atomic E-state index is 0.197. The molecule has 1 amide bonds. The molecule has 1 heterocycles. The Balaban J connectivity index is 1.80. The number of rotatable bonds is 5. The summed E-state index contributed by atoms with van der Waals surface area (Å²) in [6.45, 7) is 0.519. The number of hydrogen-bond donors (Lipinski definition) is 2. The van der Waals surface area contributed by atoms with Crippen LogP contribution in [0.2, 0.25) is 0 Å². The number of aliphatic hydroxyl groups is 1. The number of hydrogen-bond acceptors (Lipinski definition) is 3. The SMILES string of the molecule is O=C(NCC1CCCCC1)[C@H]1CCCN1C[C@@H](O)C(F)(F)F. The molecule has 1 aliphatic carbocycles. The van der Waals surface area contributed by atoms with E-state index in [9.17, 15) is 23.1 Å². The molecule has 22 heavy (non-hydrogen) atoms. The molecule has 2 N–H and O–H groups in total. The van der Waals surface area contributed by atoms with Crippen molar-refractivity contribution in [1.29, 1.82) is 0 Å². The normalized spacial score (nSPS) is 26.1. The maximum absolute atomic E-state index is 12.4. The number of aliphatic hydroxyl groups excluding tert-OH is 1. The number of likely N-dealkylation sites (tertiary alicyclic amines) is 1. The minimum atomic E-state index is -4.63. The summed E-state index contributed by atoms with van der Waals surface area (Å²) in [7, 11) is 0. The van der Waals surface area contributed by atoms with Crippen molar-refractivity contribution in [2.24, 2.45) is 5.92 Å². The summed E-state index contributed by atoms with van der Waals surface area (Å²) in [6, 6.07) is -0.541. The Bertz CT molecular complexity index is 370. The second-order valence-electron chi connectivity index (χ2n) is 6.46. The Hall–Kier alpha value is -0.820. The second kappa shape index (κ2) is 7.64. The van der Waals surface area contributed by atoms with Crippen LogP contribution in [0, 0.1) is 5.92 Å². The van der Waals surface area contributed by atoms with Crippen molar-refractivity contribution < 1.29 is 23.1 Å². The van der Waals surface area contributed by atoms with E-state index in [1.807, 2.05) is 0 Å². The number of halogens is 3. The van der Waals surface area contributed by atoms with Gasteiger partial charge in [-0.2, -0.15) is 13.2 Å². The molecule has 7 heteroatoms. The first-order valence-corrected chi connectivity index (χ1v) is 8.14. The molecule has 0 spiro atoms. The Kier molecular flexibility index (Phi) is 6.09. The van der Waals surface area contributed by atoms with Crippen molar-refractivity contribution in [3.8, 4) is 0 Å². The van der Waals surface area contributed by atoms with Crippen molar-refractivity contribution in [3.05, 3.63) is 0 Å². The van der Waals surface area contributed by atoms with Crippen molar-refractivity contribution in [2.45, 2.75) is 63.3 Å². The van der Waals surface area contributed by atoms with E-state index in [0.717, 1.165) is 12.8 Å². The smallest absolute Gasteiger partial charge is 0.382 e. The van der Waals surface area contributed by atoms with Crippen molar-refractivity contribution >= 4 is 5.91 Å². The number of β-amino-alcohol motifs (C(OH)–C–C–N with tert-alkyl or cyclic N) is 1. The Labute approximate surface area is 129 Å². The van der Waals surface area contributed by atoms with Crippen LogP contribution in [0.1, 0.15) is 44.9 Å². The van der Waals surface area contributed by atoms with E-state index in [2.05, 4.69) is 5.32 Å². The zero-order valence-electron chi connectivity index (χ0n) is 12.7. The molecular formula is C15H25F3N2O2. The van der Waals surface area contributed by atoms with Gasteiger partial charge in [0, 0.05) is 13.1 Å². The van der Waals surface area contributed by atoms with Crippen LogP contribution in [0.3, 0.4) is 0 Å². The van der Waals surface area contributed by atoms with Gasteiger partial charge in [-0.1, -0.05) is 19.3 Å². The van der Waals surface area contributed by atoms with Gasteiger partial charge in [-0.25, -0.2) is 0 Å². The summed E-state index contributed by atoms with van der Waals surface area (Å²) in [5, 5.41) is 12.1. The Morgan fingerprint density at radius 2 is 1.86 bits per heavy atom. The van der Waals surface area contributed by atoms with Gasteiger partial charge in [-0.05, 0) is 38.1 Å². The van der Waals surface area contributed by atoms with Crippen LogP contribution in [0.25, 0.3) is 0 Å². The van der Waals surface area contributed by atoms with E-state index in [4.69, 9.17) is 0 Å². The molecule has 0 radical (unpaired) electrons. The molecular weight excluding hydrogens is 297 g/mol. The summed E-state index contributed by atoms with van der Waals surface area (Å²) in [4.78, 5) is 13.7. The lowest BCUT2D eigenvalue weighted by atomic mass is 9.89.